The smallest absolute Gasteiger partial charge is 0.231 e. The van der Waals surface area contributed by atoms with Gasteiger partial charge in [0.05, 0.1) is 21.1 Å². The molecular weight excluding hydrogens is 285 g/mol. The molecule has 1 aromatic heterocycles. The first-order chi connectivity index (χ1) is 9.24. The molecule has 0 aliphatic carbocycles. The lowest BCUT2D eigenvalue weighted by molar-refractivity contribution is 0.174. The summed E-state index contributed by atoms with van der Waals surface area (Å²) in [4.78, 5) is 4.56. The topological polar surface area (TPSA) is 31.4 Å². The monoisotopic (exact) mass is 291 g/mol. The molecule has 4 rings (SSSR count). The largest absolute Gasteiger partial charge is 0.454 e. The van der Waals surface area contributed by atoms with Crippen molar-refractivity contribution in [2.24, 2.45) is 0 Å². The zero-order chi connectivity index (χ0) is 13.0. The third-order valence-electron chi connectivity index (χ3n) is 3.18. The third kappa shape index (κ3) is 1.55. The van der Waals surface area contributed by atoms with Gasteiger partial charge in [-0.2, -0.15) is 0 Å². The minimum absolute atomic E-state index is 0.226. The molecule has 0 N–H and O–H groups in total. The van der Waals surface area contributed by atoms with Crippen LogP contribution in [-0.4, -0.2) is 11.8 Å². The molecular formula is C14H7Cl2NO2. The van der Waals surface area contributed by atoms with Gasteiger partial charge < -0.3 is 9.47 Å². The van der Waals surface area contributed by atoms with Crippen LogP contribution in [0.5, 0.6) is 11.5 Å². The Hall–Kier alpha value is -1.71. The lowest BCUT2D eigenvalue weighted by Crippen LogP contribution is -1.92. The van der Waals surface area contributed by atoms with E-state index in [0.717, 1.165) is 16.3 Å². The highest BCUT2D eigenvalue weighted by Crippen LogP contribution is 2.40. The van der Waals surface area contributed by atoms with Gasteiger partial charge in [0, 0.05) is 16.8 Å². The molecule has 0 fully saturated rings. The zero-order valence-corrected chi connectivity index (χ0v) is 11.1. The Morgan fingerprint density at radius 3 is 2.63 bits per heavy atom. The highest BCUT2D eigenvalue weighted by molar-refractivity contribution is 6.42. The van der Waals surface area contributed by atoms with Gasteiger partial charge in [0.2, 0.25) is 6.79 Å². The molecule has 0 atom stereocenters. The number of hydrogen-bond acceptors (Lipinski definition) is 3. The second-order valence-corrected chi connectivity index (χ2v) is 5.07. The van der Waals surface area contributed by atoms with Crippen LogP contribution in [0.4, 0.5) is 0 Å². The fourth-order valence-electron chi connectivity index (χ4n) is 2.27. The molecule has 3 aromatic rings. The van der Waals surface area contributed by atoms with E-state index in [1.165, 1.54) is 0 Å². The number of halogens is 2. The number of ether oxygens (including phenoxy) is 2. The summed E-state index contributed by atoms with van der Waals surface area (Å²) in [5, 5.41) is 2.88. The maximum Gasteiger partial charge on any atom is 0.231 e. The van der Waals surface area contributed by atoms with E-state index >= 15 is 0 Å². The van der Waals surface area contributed by atoms with Crippen molar-refractivity contribution < 1.29 is 9.47 Å². The number of hydrogen-bond donors (Lipinski definition) is 0. The Morgan fingerprint density at radius 1 is 1.00 bits per heavy atom. The first-order valence-corrected chi connectivity index (χ1v) is 6.47. The molecule has 0 saturated heterocycles. The number of fused-ring (bicyclic) bond motifs is 3. The van der Waals surface area contributed by atoms with Crippen molar-refractivity contribution >= 4 is 45.0 Å². The number of nitrogens with zero attached hydrogens (tertiary/aromatic N) is 1. The second-order valence-electron chi connectivity index (χ2n) is 4.28. The van der Waals surface area contributed by atoms with E-state index in [0.29, 0.717) is 27.1 Å². The SMILES string of the molecule is Clc1c2cc3c(cc2nc2c(Cl)cccc12)OCO3. The molecule has 0 radical (unpaired) electrons. The van der Waals surface area contributed by atoms with Crippen molar-refractivity contribution in [3.8, 4) is 11.5 Å². The van der Waals surface area contributed by atoms with Crippen LogP contribution in [0.25, 0.3) is 21.8 Å². The van der Waals surface area contributed by atoms with Crippen molar-refractivity contribution in [2.45, 2.75) is 0 Å². The van der Waals surface area contributed by atoms with Gasteiger partial charge in [-0.1, -0.05) is 35.3 Å². The van der Waals surface area contributed by atoms with Gasteiger partial charge >= 0.3 is 0 Å². The average molecular weight is 292 g/mol. The molecule has 1 aliphatic heterocycles. The van der Waals surface area contributed by atoms with Gasteiger partial charge in [-0.15, -0.1) is 0 Å². The summed E-state index contributed by atoms with van der Waals surface area (Å²) in [5.74, 6) is 1.38. The first kappa shape index (κ1) is 11.1. The predicted molar refractivity (Wildman–Crippen MR) is 75.4 cm³/mol. The van der Waals surface area contributed by atoms with Gasteiger partial charge in [-0.25, -0.2) is 4.98 Å². The standard InChI is InChI=1S/C14H7Cl2NO2/c15-9-3-1-2-7-13(16)8-4-11-12(19-6-18-11)5-10(8)17-14(7)9/h1-5H,6H2. The van der Waals surface area contributed by atoms with Crippen LogP contribution in [0.3, 0.4) is 0 Å². The number of aromatic nitrogens is 1. The molecule has 0 unspecified atom stereocenters. The van der Waals surface area contributed by atoms with E-state index in [9.17, 15) is 0 Å². The summed E-state index contributed by atoms with van der Waals surface area (Å²) >= 11 is 12.6. The van der Waals surface area contributed by atoms with Crippen LogP contribution in [-0.2, 0) is 0 Å². The molecule has 0 spiro atoms. The Balaban J connectivity index is 2.19. The van der Waals surface area contributed by atoms with Gasteiger partial charge in [0.1, 0.15) is 0 Å². The van der Waals surface area contributed by atoms with Crippen LogP contribution in [0, 0.1) is 0 Å². The number of rotatable bonds is 0. The molecule has 0 saturated carbocycles. The Kier molecular flexibility index (Phi) is 2.28. The van der Waals surface area contributed by atoms with Crippen molar-refractivity contribution in [1.29, 1.82) is 0 Å². The molecule has 2 aromatic carbocycles. The Bertz CT molecular complexity index is 833. The molecule has 0 bridgehead atoms. The molecule has 19 heavy (non-hydrogen) atoms. The van der Waals surface area contributed by atoms with Gasteiger partial charge in [-0.05, 0) is 12.1 Å². The summed E-state index contributed by atoms with van der Waals surface area (Å²) in [5.41, 5.74) is 1.44. The Morgan fingerprint density at radius 2 is 1.79 bits per heavy atom. The third-order valence-corrected chi connectivity index (χ3v) is 3.90. The van der Waals surface area contributed by atoms with Crippen molar-refractivity contribution in [3.05, 3.63) is 40.4 Å². The second kappa shape index (κ2) is 3.89. The van der Waals surface area contributed by atoms with Crippen LogP contribution in [0.15, 0.2) is 30.3 Å². The Labute approximate surface area is 118 Å². The summed E-state index contributed by atoms with van der Waals surface area (Å²) in [6.07, 6.45) is 0. The van der Waals surface area contributed by atoms with E-state index in [4.69, 9.17) is 32.7 Å². The normalized spacial score (nSPS) is 13.4. The molecule has 5 heteroatoms. The van der Waals surface area contributed by atoms with Gasteiger partial charge in [0.25, 0.3) is 0 Å². The van der Waals surface area contributed by atoms with Crippen LogP contribution in [0.1, 0.15) is 0 Å². The first-order valence-electron chi connectivity index (χ1n) is 5.71. The minimum Gasteiger partial charge on any atom is -0.454 e. The fourth-order valence-corrected chi connectivity index (χ4v) is 2.79. The van der Waals surface area contributed by atoms with Gasteiger partial charge in [0.15, 0.2) is 11.5 Å². The van der Waals surface area contributed by atoms with Crippen LogP contribution in [0.2, 0.25) is 10.0 Å². The lowest BCUT2D eigenvalue weighted by Gasteiger charge is -2.07. The van der Waals surface area contributed by atoms with Gasteiger partial charge in [-0.3, -0.25) is 0 Å². The highest BCUT2D eigenvalue weighted by Gasteiger charge is 2.17. The van der Waals surface area contributed by atoms with E-state index < -0.39 is 0 Å². The minimum atomic E-state index is 0.226. The summed E-state index contributed by atoms with van der Waals surface area (Å²) in [6.45, 7) is 0.226. The average Bonchev–Trinajstić information content (AvgIpc) is 2.86. The number of benzene rings is 2. The predicted octanol–water partition coefficient (Wildman–Crippen LogP) is 4.42. The molecule has 2 heterocycles. The quantitative estimate of drug-likeness (QED) is 0.575. The van der Waals surface area contributed by atoms with Crippen LogP contribution < -0.4 is 9.47 Å². The lowest BCUT2D eigenvalue weighted by atomic mass is 10.1. The highest BCUT2D eigenvalue weighted by atomic mass is 35.5. The van der Waals surface area contributed by atoms with Crippen molar-refractivity contribution in [3.63, 3.8) is 0 Å². The zero-order valence-electron chi connectivity index (χ0n) is 9.61. The van der Waals surface area contributed by atoms with E-state index in [1.807, 2.05) is 24.3 Å². The van der Waals surface area contributed by atoms with Crippen molar-refractivity contribution in [1.82, 2.24) is 4.98 Å². The summed E-state index contributed by atoms with van der Waals surface area (Å²) in [6, 6.07) is 9.24. The molecule has 0 amide bonds. The maximum absolute atomic E-state index is 6.45. The molecule has 3 nitrogen and oxygen atoms in total. The summed E-state index contributed by atoms with van der Waals surface area (Å²) < 4.78 is 10.7. The fraction of sp³-hybridized carbons (Fsp3) is 0.0714. The molecule has 1 aliphatic rings. The maximum atomic E-state index is 6.45. The van der Waals surface area contributed by atoms with E-state index in [1.54, 1.807) is 6.07 Å². The molecule has 94 valence electrons. The van der Waals surface area contributed by atoms with Crippen molar-refractivity contribution in [2.75, 3.05) is 6.79 Å². The van der Waals surface area contributed by atoms with E-state index in [2.05, 4.69) is 4.98 Å². The van der Waals surface area contributed by atoms with E-state index in [-0.39, 0.29) is 6.79 Å². The number of pyridine rings is 1. The van der Waals surface area contributed by atoms with Crippen LogP contribution >= 0.6 is 23.2 Å². The summed E-state index contributed by atoms with van der Waals surface area (Å²) in [7, 11) is 0. The number of para-hydroxylation sites is 1.